The molecule has 3 aromatic rings. The fraction of sp³-hybridized carbons (Fsp3) is 0.353. The molecule has 0 atom stereocenters. The summed E-state index contributed by atoms with van der Waals surface area (Å²) in [5.41, 5.74) is 1.63. The van der Waals surface area contributed by atoms with Crippen LogP contribution in [0.15, 0.2) is 35.4 Å². The Hall–Kier alpha value is -2.14. The minimum Gasteiger partial charge on any atom is -0.318 e. The number of halogens is 1. The molecule has 6 heteroatoms. The van der Waals surface area contributed by atoms with E-state index in [4.69, 9.17) is 16.6 Å². The third kappa shape index (κ3) is 3.01. The Morgan fingerprint density at radius 1 is 1.22 bits per heavy atom. The fourth-order valence-corrected chi connectivity index (χ4v) is 2.67. The molecule has 0 saturated carbocycles. The van der Waals surface area contributed by atoms with E-state index in [1.807, 2.05) is 19.2 Å². The molecular formula is C17H19ClN4O. The van der Waals surface area contributed by atoms with Crippen LogP contribution in [0.1, 0.15) is 26.1 Å². The van der Waals surface area contributed by atoms with Gasteiger partial charge >= 0.3 is 0 Å². The van der Waals surface area contributed by atoms with Crippen molar-refractivity contribution in [2.75, 3.05) is 0 Å². The van der Waals surface area contributed by atoms with E-state index in [0.29, 0.717) is 22.1 Å². The number of aryl methyl sites for hydroxylation is 2. The quantitative estimate of drug-likeness (QED) is 0.737. The topological polar surface area (TPSA) is 52.7 Å². The van der Waals surface area contributed by atoms with Gasteiger partial charge in [0.2, 0.25) is 0 Å². The summed E-state index contributed by atoms with van der Waals surface area (Å²) in [6, 6.07) is 7.22. The predicted octanol–water partition coefficient (Wildman–Crippen LogP) is 3.36. The molecule has 120 valence electrons. The third-order valence-corrected chi connectivity index (χ3v) is 4.09. The van der Waals surface area contributed by atoms with Crippen LogP contribution in [0.3, 0.4) is 0 Å². The lowest BCUT2D eigenvalue weighted by molar-refractivity contribution is 0.567. The Morgan fingerprint density at radius 3 is 2.57 bits per heavy atom. The van der Waals surface area contributed by atoms with Gasteiger partial charge in [-0.25, -0.2) is 9.97 Å². The van der Waals surface area contributed by atoms with Gasteiger partial charge in [-0.2, -0.15) is 0 Å². The summed E-state index contributed by atoms with van der Waals surface area (Å²) in [6.07, 6.45) is 3.32. The Kier molecular flexibility index (Phi) is 4.22. The predicted molar refractivity (Wildman–Crippen MR) is 92.3 cm³/mol. The van der Waals surface area contributed by atoms with Crippen LogP contribution >= 0.6 is 11.6 Å². The molecule has 0 unspecified atom stereocenters. The van der Waals surface area contributed by atoms with Crippen molar-refractivity contribution in [1.82, 2.24) is 19.1 Å². The highest BCUT2D eigenvalue weighted by atomic mass is 35.5. The van der Waals surface area contributed by atoms with Crippen LogP contribution in [0.2, 0.25) is 5.02 Å². The number of rotatable bonds is 4. The second-order valence-corrected chi connectivity index (χ2v) is 6.54. The van der Waals surface area contributed by atoms with Crippen molar-refractivity contribution in [2.24, 2.45) is 13.0 Å². The lowest BCUT2D eigenvalue weighted by atomic mass is 10.1. The van der Waals surface area contributed by atoms with Crippen molar-refractivity contribution in [3.63, 3.8) is 0 Å². The van der Waals surface area contributed by atoms with E-state index in [-0.39, 0.29) is 5.56 Å². The van der Waals surface area contributed by atoms with Crippen LogP contribution in [0.5, 0.6) is 0 Å². The third-order valence-electron chi connectivity index (χ3n) is 3.83. The van der Waals surface area contributed by atoms with E-state index in [9.17, 15) is 4.79 Å². The standard InChI is InChI=1S/C17H19ClN4O/c1-11(2)4-9-14-20-16-15(19-10-21(16)3)17(23)22(14)13-7-5-12(18)6-8-13/h5-8,10-11H,4,9H2,1-3H3. The highest BCUT2D eigenvalue weighted by molar-refractivity contribution is 6.30. The first-order valence-electron chi connectivity index (χ1n) is 7.66. The summed E-state index contributed by atoms with van der Waals surface area (Å²) in [7, 11) is 1.85. The van der Waals surface area contributed by atoms with Crippen molar-refractivity contribution in [1.29, 1.82) is 0 Å². The van der Waals surface area contributed by atoms with E-state index >= 15 is 0 Å². The minimum atomic E-state index is -0.142. The molecule has 1 aromatic carbocycles. The molecule has 3 rings (SSSR count). The smallest absolute Gasteiger partial charge is 0.286 e. The zero-order valence-corrected chi connectivity index (χ0v) is 14.2. The highest BCUT2D eigenvalue weighted by Gasteiger charge is 2.16. The van der Waals surface area contributed by atoms with E-state index < -0.39 is 0 Å². The average Bonchev–Trinajstić information content (AvgIpc) is 2.88. The Bertz CT molecular complexity index is 893. The summed E-state index contributed by atoms with van der Waals surface area (Å²) in [6.45, 7) is 4.32. The van der Waals surface area contributed by atoms with Gasteiger partial charge in [0, 0.05) is 18.5 Å². The van der Waals surface area contributed by atoms with Gasteiger partial charge < -0.3 is 4.57 Å². The van der Waals surface area contributed by atoms with Gasteiger partial charge in [0.05, 0.1) is 12.0 Å². The van der Waals surface area contributed by atoms with E-state index in [1.54, 1.807) is 27.6 Å². The van der Waals surface area contributed by atoms with Gasteiger partial charge in [-0.3, -0.25) is 9.36 Å². The maximum Gasteiger partial charge on any atom is 0.286 e. The highest BCUT2D eigenvalue weighted by Crippen LogP contribution is 2.17. The van der Waals surface area contributed by atoms with Crippen LogP contribution in [-0.4, -0.2) is 19.1 Å². The molecular weight excluding hydrogens is 312 g/mol. The summed E-state index contributed by atoms with van der Waals surface area (Å²) in [5.74, 6) is 1.29. The Morgan fingerprint density at radius 2 is 1.91 bits per heavy atom. The molecule has 0 fully saturated rings. The molecule has 0 spiro atoms. The summed E-state index contributed by atoms with van der Waals surface area (Å²) < 4.78 is 3.43. The first-order valence-corrected chi connectivity index (χ1v) is 8.04. The van der Waals surface area contributed by atoms with Crippen molar-refractivity contribution in [2.45, 2.75) is 26.7 Å². The molecule has 23 heavy (non-hydrogen) atoms. The van der Waals surface area contributed by atoms with Crippen LogP contribution in [0.25, 0.3) is 16.9 Å². The monoisotopic (exact) mass is 330 g/mol. The normalized spacial score (nSPS) is 11.5. The summed E-state index contributed by atoms with van der Waals surface area (Å²) >= 11 is 5.96. The van der Waals surface area contributed by atoms with E-state index in [1.165, 1.54) is 0 Å². The fourth-order valence-electron chi connectivity index (χ4n) is 2.54. The number of hydrogen-bond acceptors (Lipinski definition) is 3. The molecule has 0 aliphatic heterocycles. The van der Waals surface area contributed by atoms with Gasteiger partial charge in [0.25, 0.3) is 5.56 Å². The lowest BCUT2D eigenvalue weighted by Gasteiger charge is -2.13. The zero-order valence-electron chi connectivity index (χ0n) is 13.5. The molecule has 5 nitrogen and oxygen atoms in total. The first kappa shape index (κ1) is 15.7. The van der Waals surface area contributed by atoms with Crippen molar-refractivity contribution in [3.8, 4) is 5.69 Å². The molecule has 0 aliphatic carbocycles. The van der Waals surface area contributed by atoms with E-state index in [0.717, 1.165) is 24.4 Å². The van der Waals surface area contributed by atoms with Crippen molar-refractivity contribution < 1.29 is 0 Å². The number of hydrogen-bond donors (Lipinski definition) is 0. The molecule has 0 bridgehead atoms. The molecule has 0 aliphatic rings. The van der Waals surface area contributed by atoms with Crippen LogP contribution in [-0.2, 0) is 13.5 Å². The van der Waals surface area contributed by atoms with Crippen molar-refractivity contribution in [3.05, 3.63) is 51.8 Å². The molecule has 0 N–H and O–H groups in total. The van der Waals surface area contributed by atoms with Gasteiger partial charge in [0.1, 0.15) is 5.82 Å². The summed E-state index contributed by atoms with van der Waals surface area (Å²) in [5, 5.41) is 0.636. The van der Waals surface area contributed by atoms with Crippen LogP contribution in [0, 0.1) is 5.92 Å². The molecule has 2 heterocycles. The maximum absolute atomic E-state index is 12.9. The van der Waals surface area contributed by atoms with Gasteiger partial charge in [0.15, 0.2) is 11.2 Å². The van der Waals surface area contributed by atoms with Gasteiger partial charge in [-0.15, -0.1) is 0 Å². The van der Waals surface area contributed by atoms with Crippen LogP contribution < -0.4 is 5.56 Å². The van der Waals surface area contributed by atoms with Crippen molar-refractivity contribution >= 4 is 22.8 Å². The molecule has 0 radical (unpaired) electrons. The molecule has 2 aromatic heterocycles. The first-order chi connectivity index (χ1) is 11.0. The number of fused-ring (bicyclic) bond motifs is 1. The molecule has 0 amide bonds. The second kappa shape index (κ2) is 6.16. The Balaban J connectivity index is 2.23. The largest absolute Gasteiger partial charge is 0.318 e. The maximum atomic E-state index is 12.9. The average molecular weight is 331 g/mol. The van der Waals surface area contributed by atoms with Crippen LogP contribution in [0.4, 0.5) is 0 Å². The number of nitrogens with zero attached hydrogens (tertiary/aromatic N) is 4. The zero-order chi connectivity index (χ0) is 16.6. The SMILES string of the molecule is CC(C)CCc1nc2c(ncn2C)c(=O)n1-c1ccc(Cl)cc1. The summed E-state index contributed by atoms with van der Waals surface area (Å²) in [4.78, 5) is 21.8. The lowest BCUT2D eigenvalue weighted by Crippen LogP contribution is -2.24. The number of imidazole rings is 1. The van der Waals surface area contributed by atoms with Gasteiger partial charge in [-0.05, 0) is 36.6 Å². The second-order valence-electron chi connectivity index (χ2n) is 6.11. The number of benzene rings is 1. The van der Waals surface area contributed by atoms with Gasteiger partial charge in [-0.1, -0.05) is 25.4 Å². The Labute approximate surface area is 139 Å². The minimum absolute atomic E-state index is 0.142. The van der Waals surface area contributed by atoms with E-state index in [2.05, 4.69) is 18.8 Å². The molecule has 0 saturated heterocycles. The number of aromatic nitrogens is 4.